The Morgan fingerprint density at radius 2 is 1.91 bits per heavy atom. The highest BCUT2D eigenvalue weighted by atomic mass is 35.5. The molecule has 0 aliphatic heterocycles. The van der Waals surface area contributed by atoms with E-state index >= 15 is 0 Å². The van der Waals surface area contributed by atoms with Crippen LogP contribution in [0.3, 0.4) is 0 Å². The average Bonchev–Trinajstić information content (AvgIpc) is 2.51. The van der Waals surface area contributed by atoms with Gasteiger partial charge in [-0.05, 0) is 24.5 Å². The van der Waals surface area contributed by atoms with Gasteiger partial charge in [0, 0.05) is 6.54 Å². The maximum Gasteiger partial charge on any atom is 0.313 e. The van der Waals surface area contributed by atoms with Crippen LogP contribution in [0.2, 0.25) is 10.0 Å². The van der Waals surface area contributed by atoms with Gasteiger partial charge in [-0.25, -0.2) is 0 Å². The largest absolute Gasteiger partial charge is 0.348 e. The van der Waals surface area contributed by atoms with Crippen molar-refractivity contribution in [2.75, 3.05) is 11.9 Å². The summed E-state index contributed by atoms with van der Waals surface area (Å²) < 4.78 is 0. The molecule has 0 fully saturated rings. The molecule has 1 aromatic carbocycles. The van der Waals surface area contributed by atoms with Gasteiger partial charge in [0.05, 0.1) is 15.7 Å². The summed E-state index contributed by atoms with van der Waals surface area (Å²) in [6.45, 7) is 4.72. The average molecular weight is 345 g/mol. The first-order valence-corrected chi connectivity index (χ1v) is 8.28. The van der Waals surface area contributed by atoms with Crippen LogP contribution < -0.4 is 10.6 Å². The van der Waals surface area contributed by atoms with Crippen LogP contribution in [0.15, 0.2) is 18.2 Å². The number of unbranched alkanes of at least 4 members (excludes halogenated alkanes) is 1. The van der Waals surface area contributed by atoms with E-state index < -0.39 is 11.8 Å². The van der Waals surface area contributed by atoms with E-state index in [2.05, 4.69) is 24.5 Å². The van der Waals surface area contributed by atoms with Gasteiger partial charge < -0.3 is 10.6 Å². The summed E-state index contributed by atoms with van der Waals surface area (Å²) in [7, 11) is 0. The first kappa shape index (κ1) is 18.8. The van der Waals surface area contributed by atoms with E-state index in [4.69, 9.17) is 23.2 Å². The zero-order valence-corrected chi connectivity index (χ0v) is 14.4. The maximum absolute atomic E-state index is 11.9. The molecule has 0 saturated carbocycles. The van der Waals surface area contributed by atoms with Gasteiger partial charge >= 0.3 is 11.8 Å². The molecule has 0 bridgehead atoms. The molecule has 2 amide bonds. The second-order valence-electron chi connectivity index (χ2n) is 5.18. The molecule has 0 spiro atoms. The number of benzene rings is 1. The fourth-order valence-corrected chi connectivity index (χ4v) is 2.39. The Hall–Kier alpha value is -1.26. The van der Waals surface area contributed by atoms with Gasteiger partial charge in [0.15, 0.2) is 0 Å². The third-order valence-corrected chi connectivity index (χ3v) is 4.32. The van der Waals surface area contributed by atoms with Crippen molar-refractivity contribution in [1.82, 2.24) is 5.32 Å². The van der Waals surface area contributed by atoms with Crippen LogP contribution in [-0.2, 0) is 9.59 Å². The Kier molecular flexibility index (Phi) is 8.28. The van der Waals surface area contributed by atoms with Crippen molar-refractivity contribution in [3.63, 3.8) is 0 Å². The Labute approximate surface area is 141 Å². The van der Waals surface area contributed by atoms with E-state index in [1.807, 2.05) is 0 Å². The third kappa shape index (κ3) is 5.85. The van der Waals surface area contributed by atoms with Crippen molar-refractivity contribution < 1.29 is 9.59 Å². The SMILES string of the molecule is CCCC[C@H](CC)CNC(=O)C(=O)Nc1cccc(Cl)c1Cl. The predicted octanol–water partition coefficient (Wildman–Crippen LogP) is 4.26. The summed E-state index contributed by atoms with van der Waals surface area (Å²) in [6.07, 6.45) is 4.27. The minimum absolute atomic E-state index is 0.222. The molecular weight excluding hydrogens is 323 g/mol. The van der Waals surface area contributed by atoms with E-state index in [1.54, 1.807) is 18.2 Å². The molecule has 0 unspecified atom stereocenters. The van der Waals surface area contributed by atoms with Crippen LogP contribution in [0.25, 0.3) is 0 Å². The highest BCUT2D eigenvalue weighted by molar-refractivity contribution is 6.45. The van der Waals surface area contributed by atoms with E-state index in [0.29, 0.717) is 23.2 Å². The monoisotopic (exact) mass is 344 g/mol. The van der Waals surface area contributed by atoms with Crippen LogP contribution in [0.1, 0.15) is 39.5 Å². The van der Waals surface area contributed by atoms with Crippen LogP contribution in [-0.4, -0.2) is 18.4 Å². The molecule has 4 nitrogen and oxygen atoms in total. The number of hydrogen-bond donors (Lipinski definition) is 2. The van der Waals surface area contributed by atoms with Crippen molar-refractivity contribution in [2.45, 2.75) is 39.5 Å². The molecule has 122 valence electrons. The summed E-state index contributed by atoms with van der Waals surface area (Å²) in [6, 6.07) is 4.86. The Bertz CT molecular complexity index is 521. The molecule has 0 heterocycles. The number of carbonyl (C=O) groups is 2. The summed E-state index contributed by atoms with van der Waals surface area (Å²) >= 11 is 11.8. The van der Waals surface area contributed by atoms with E-state index in [1.165, 1.54) is 0 Å². The van der Waals surface area contributed by atoms with E-state index in [0.717, 1.165) is 25.7 Å². The molecule has 0 aromatic heterocycles. The maximum atomic E-state index is 11.9. The van der Waals surface area contributed by atoms with Crippen molar-refractivity contribution in [1.29, 1.82) is 0 Å². The minimum atomic E-state index is -0.741. The number of anilines is 1. The van der Waals surface area contributed by atoms with Crippen molar-refractivity contribution in [3.8, 4) is 0 Å². The molecule has 0 aliphatic rings. The van der Waals surface area contributed by atoms with Crippen LogP contribution >= 0.6 is 23.2 Å². The van der Waals surface area contributed by atoms with E-state index in [9.17, 15) is 9.59 Å². The smallest absolute Gasteiger partial charge is 0.313 e. The van der Waals surface area contributed by atoms with Gasteiger partial charge in [0.25, 0.3) is 0 Å². The molecule has 2 N–H and O–H groups in total. The van der Waals surface area contributed by atoms with Crippen LogP contribution in [0.5, 0.6) is 0 Å². The molecule has 22 heavy (non-hydrogen) atoms. The molecule has 0 saturated heterocycles. The van der Waals surface area contributed by atoms with Crippen LogP contribution in [0, 0.1) is 5.92 Å². The fraction of sp³-hybridized carbons (Fsp3) is 0.500. The number of carbonyl (C=O) groups excluding carboxylic acids is 2. The molecule has 1 aromatic rings. The second kappa shape index (κ2) is 9.70. The molecular formula is C16H22Cl2N2O2. The number of hydrogen-bond acceptors (Lipinski definition) is 2. The van der Waals surface area contributed by atoms with Gasteiger partial charge in [-0.1, -0.05) is 62.4 Å². The molecule has 1 rings (SSSR count). The third-order valence-electron chi connectivity index (χ3n) is 3.50. The normalized spacial score (nSPS) is 11.8. The topological polar surface area (TPSA) is 58.2 Å². The van der Waals surface area contributed by atoms with Crippen LogP contribution in [0.4, 0.5) is 5.69 Å². The zero-order chi connectivity index (χ0) is 16.5. The van der Waals surface area contributed by atoms with Gasteiger partial charge in [-0.3, -0.25) is 9.59 Å². The molecule has 0 aliphatic carbocycles. The number of rotatable bonds is 7. The number of halogens is 2. The summed E-state index contributed by atoms with van der Waals surface area (Å²) in [5.41, 5.74) is 0.326. The van der Waals surface area contributed by atoms with Gasteiger partial charge in [-0.15, -0.1) is 0 Å². The van der Waals surface area contributed by atoms with Gasteiger partial charge in [0.2, 0.25) is 0 Å². The van der Waals surface area contributed by atoms with Crippen molar-refractivity contribution in [3.05, 3.63) is 28.2 Å². The lowest BCUT2D eigenvalue weighted by molar-refractivity contribution is -0.136. The highest BCUT2D eigenvalue weighted by Gasteiger charge is 2.17. The second-order valence-corrected chi connectivity index (χ2v) is 5.97. The quantitative estimate of drug-likeness (QED) is 0.725. The number of nitrogens with one attached hydrogen (secondary N) is 2. The number of amides is 2. The summed E-state index contributed by atoms with van der Waals surface area (Å²) in [5.74, 6) is -1.01. The van der Waals surface area contributed by atoms with Gasteiger partial charge in [0.1, 0.15) is 0 Å². The first-order valence-electron chi connectivity index (χ1n) is 7.52. The van der Waals surface area contributed by atoms with E-state index in [-0.39, 0.29) is 5.02 Å². The van der Waals surface area contributed by atoms with Gasteiger partial charge in [-0.2, -0.15) is 0 Å². The molecule has 1 atom stereocenters. The Balaban J connectivity index is 2.51. The van der Waals surface area contributed by atoms with Crippen molar-refractivity contribution in [2.24, 2.45) is 5.92 Å². The Morgan fingerprint density at radius 1 is 1.18 bits per heavy atom. The lowest BCUT2D eigenvalue weighted by atomic mass is 9.99. The molecule has 0 radical (unpaired) electrons. The highest BCUT2D eigenvalue weighted by Crippen LogP contribution is 2.29. The first-order chi connectivity index (χ1) is 10.5. The Morgan fingerprint density at radius 3 is 2.55 bits per heavy atom. The standard InChI is InChI=1S/C16H22Cl2N2O2/c1-3-5-7-11(4-2)10-19-15(21)16(22)20-13-9-6-8-12(17)14(13)18/h6,8-9,11H,3-5,7,10H2,1-2H3,(H,19,21)(H,20,22)/t11-/m0/s1. The summed E-state index contributed by atoms with van der Waals surface area (Å²) in [5, 5.41) is 5.68. The minimum Gasteiger partial charge on any atom is -0.348 e. The van der Waals surface area contributed by atoms with Crippen molar-refractivity contribution >= 4 is 40.7 Å². The summed E-state index contributed by atoms with van der Waals surface area (Å²) in [4.78, 5) is 23.7. The lowest BCUT2D eigenvalue weighted by Crippen LogP contribution is -2.38. The molecule has 6 heteroatoms. The predicted molar refractivity (Wildman–Crippen MR) is 91.4 cm³/mol. The zero-order valence-electron chi connectivity index (χ0n) is 12.9. The fourth-order valence-electron chi connectivity index (χ4n) is 2.04. The lowest BCUT2D eigenvalue weighted by Gasteiger charge is -2.15.